The van der Waals surface area contributed by atoms with Crippen molar-refractivity contribution >= 4 is 49.0 Å². The Morgan fingerprint density at radius 1 is 1.17 bits per heavy atom. The summed E-state index contributed by atoms with van der Waals surface area (Å²) in [6, 6.07) is 12.9. The van der Waals surface area contributed by atoms with Gasteiger partial charge >= 0.3 is 6.09 Å². The van der Waals surface area contributed by atoms with Gasteiger partial charge in [0.15, 0.2) is 0 Å². The zero-order valence-electron chi connectivity index (χ0n) is 11.6. The summed E-state index contributed by atoms with van der Waals surface area (Å²) in [5.74, 6) is 0. The largest absolute Gasteiger partial charge is 0.444 e. The Bertz CT molecular complexity index is 680. The summed E-state index contributed by atoms with van der Waals surface area (Å²) in [6.07, 6.45) is -0.601. The lowest BCUT2D eigenvalue weighted by molar-refractivity contribution is -0.384. The molecule has 0 saturated heterocycles. The zero-order valence-corrected chi connectivity index (χ0v) is 14.0. The third kappa shape index (κ3) is 5.66. The molecule has 1 amide bonds. The lowest BCUT2D eigenvalue weighted by Gasteiger charge is -2.07. The molecule has 6 nitrogen and oxygen atoms in total. The molecule has 1 N–H and O–H groups in total. The SMILES string of the molecule is O=C(Nc1ccc(SSCl)cc1)OCc1ccc([N+](=O)[O-])cc1. The van der Waals surface area contributed by atoms with Crippen LogP contribution in [-0.2, 0) is 11.3 Å². The predicted molar refractivity (Wildman–Crippen MR) is 92.6 cm³/mol. The highest BCUT2D eigenvalue weighted by molar-refractivity contribution is 8.85. The number of rotatable bonds is 6. The lowest BCUT2D eigenvalue weighted by atomic mass is 10.2. The number of nitro groups is 1. The third-order valence-electron chi connectivity index (χ3n) is 2.75. The number of anilines is 1. The number of nitro benzene ring substituents is 1. The molecule has 2 rings (SSSR count). The van der Waals surface area contributed by atoms with E-state index in [0.717, 1.165) is 14.9 Å². The summed E-state index contributed by atoms with van der Waals surface area (Å²) in [5, 5.41) is 13.1. The van der Waals surface area contributed by atoms with Crippen molar-refractivity contribution in [2.45, 2.75) is 11.5 Å². The molecule has 0 bridgehead atoms. The first kappa shape index (κ1) is 17.5. The van der Waals surface area contributed by atoms with Gasteiger partial charge in [0.1, 0.15) is 6.61 Å². The summed E-state index contributed by atoms with van der Waals surface area (Å²) in [7, 11) is 8.06. The van der Waals surface area contributed by atoms with E-state index in [4.69, 9.17) is 15.4 Å². The van der Waals surface area contributed by atoms with E-state index in [1.54, 1.807) is 24.3 Å². The Morgan fingerprint density at radius 2 is 1.83 bits per heavy atom. The smallest absolute Gasteiger partial charge is 0.411 e. The van der Waals surface area contributed by atoms with E-state index in [-0.39, 0.29) is 12.3 Å². The summed E-state index contributed by atoms with van der Waals surface area (Å²) >= 11 is 0. The van der Waals surface area contributed by atoms with Gasteiger partial charge in [0.25, 0.3) is 5.69 Å². The molecule has 0 aliphatic heterocycles. The molecule has 0 unspecified atom stereocenters. The molecule has 2 aromatic rings. The van der Waals surface area contributed by atoms with Crippen molar-refractivity contribution < 1.29 is 14.5 Å². The number of carbonyl (C=O) groups excluding carboxylic acids is 1. The number of hydrogen-bond acceptors (Lipinski definition) is 6. The van der Waals surface area contributed by atoms with Crippen molar-refractivity contribution in [1.82, 2.24) is 0 Å². The fourth-order valence-electron chi connectivity index (χ4n) is 1.65. The predicted octanol–water partition coefficient (Wildman–Crippen LogP) is 5.24. The number of nitrogens with zero attached hydrogens (tertiary/aromatic N) is 1. The van der Waals surface area contributed by atoms with Gasteiger partial charge in [0.2, 0.25) is 0 Å². The molecule has 120 valence electrons. The monoisotopic (exact) mass is 370 g/mol. The van der Waals surface area contributed by atoms with E-state index in [9.17, 15) is 14.9 Å². The van der Waals surface area contributed by atoms with Crippen molar-refractivity contribution in [3.8, 4) is 0 Å². The van der Waals surface area contributed by atoms with Crippen molar-refractivity contribution in [3.63, 3.8) is 0 Å². The second-order valence-corrected chi connectivity index (χ2v) is 7.07. The minimum absolute atomic E-state index is 0.00808. The van der Waals surface area contributed by atoms with E-state index in [1.807, 2.05) is 12.1 Å². The molecule has 0 aliphatic carbocycles. The molecule has 9 heteroatoms. The highest BCUT2D eigenvalue weighted by Gasteiger charge is 2.07. The molecule has 0 heterocycles. The molecule has 0 fully saturated rings. The minimum Gasteiger partial charge on any atom is -0.444 e. The Balaban J connectivity index is 1.83. The van der Waals surface area contributed by atoms with E-state index in [1.165, 1.54) is 22.9 Å². The van der Waals surface area contributed by atoms with Crippen LogP contribution in [0.3, 0.4) is 0 Å². The number of carbonyl (C=O) groups is 1. The van der Waals surface area contributed by atoms with Gasteiger partial charge in [-0.05, 0) is 63.4 Å². The number of ether oxygens (including phenoxy) is 1. The molecular formula is C14H11ClN2O4S2. The summed E-state index contributed by atoms with van der Waals surface area (Å²) < 4.78 is 5.06. The van der Waals surface area contributed by atoms with E-state index in [0.29, 0.717) is 11.3 Å². The fraction of sp³-hybridized carbons (Fsp3) is 0.0714. The number of benzene rings is 2. The number of non-ortho nitro benzene ring substituents is 1. The maximum atomic E-state index is 11.7. The number of nitrogens with one attached hydrogen (secondary N) is 1. The van der Waals surface area contributed by atoms with Gasteiger partial charge < -0.3 is 4.74 Å². The summed E-state index contributed by atoms with van der Waals surface area (Å²) in [6.45, 7) is 0.0284. The van der Waals surface area contributed by atoms with Gasteiger partial charge in [-0.1, -0.05) is 0 Å². The van der Waals surface area contributed by atoms with Crippen LogP contribution in [0.15, 0.2) is 53.4 Å². The number of halogens is 1. The van der Waals surface area contributed by atoms with Crippen LogP contribution >= 0.6 is 31.5 Å². The van der Waals surface area contributed by atoms with Crippen LogP contribution < -0.4 is 5.32 Å². The maximum absolute atomic E-state index is 11.7. The molecule has 0 saturated carbocycles. The molecule has 0 atom stereocenters. The van der Waals surface area contributed by atoms with Gasteiger partial charge in [-0.15, -0.1) is 0 Å². The average Bonchev–Trinajstić information content (AvgIpc) is 2.55. The Hall–Kier alpha value is -1.90. The Morgan fingerprint density at radius 3 is 2.39 bits per heavy atom. The first-order valence-electron chi connectivity index (χ1n) is 6.31. The van der Waals surface area contributed by atoms with Crippen LogP contribution in [0.1, 0.15) is 5.56 Å². The lowest BCUT2D eigenvalue weighted by Crippen LogP contribution is -2.13. The van der Waals surface area contributed by atoms with Crippen LogP contribution in [0.4, 0.5) is 16.2 Å². The summed E-state index contributed by atoms with van der Waals surface area (Å²) in [4.78, 5) is 22.7. The van der Waals surface area contributed by atoms with Crippen LogP contribution in [0.25, 0.3) is 0 Å². The average molecular weight is 371 g/mol. The number of amides is 1. The zero-order chi connectivity index (χ0) is 16.7. The van der Waals surface area contributed by atoms with Crippen molar-refractivity contribution in [2.24, 2.45) is 0 Å². The summed E-state index contributed by atoms with van der Waals surface area (Å²) in [5.41, 5.74) is 1.26. The van der Waals surface area contributed by atoms with Crippen LogP contribution in [0.5, 0.6) is 0 Å². The minimum atomic E-state index is -0.601. The Kier molecular flexibility index (Phi) is 6.57. The van der Waals surface area contributed by atoms with Gasteiger partial charge in [-0.3, -0.25) is 15.4 Å². The first-order chi connectivity index (χ1) is 11.1. The molecule has 0 aromatic heterocycles. The molecule has 0 aliphatic rings. The fourth-order valence-corrected chi connectivity index (χ4v) is 3.17. The topological polar surface area (TPSA) is 81.5 Å². The van der Waals surface area contributed by atoms with E-state index in [2.05, 4.69) is 5.32 Å². The maximum Gasteiger partial charge on any atom is 0.411 e. The Labute approximate surface area is 144 Å². The van der Waals surface area contributed by atoms with Crippen molar-refractivity contribution in [2.75, 3.05) is 5.32 Å². The van der Waals surface area contributed by atoms with Crippen LogP contribution in [0.2, 0.25) is 0 Å². The second-order valence-electron chi connectivity index (χ2n) is 4.30. The van der Waals surface area contributed by atoms with Crippen LogP contribution in [-0.4, -0.2) is 11.0 Å². The quantitative estimate of drug-likeness (QED) is 0.425. The van der Waals surface area contributed by atoms with Gasteiger partial charge in [0.05, 0.1) is 4.92 Å². The van der Waals surface area contributed by atoms with Gasteiger partial charge in [-0.2, -0.15) is 0 Å². The molecule has 0 radical (unpaired) electrons. The van der Waals surface area contributed by atoms with Gasteiger partial charge in [0, 0.05) is 32.7 Å². The van der Waals surface area contributed by atoms with Crippen molar-refractivity contribution in [1.29, 1.82) is 0 Å². The normalized spacial score (nSPS) is 10.1. The molecule has 2 aromatic carbocycles. The molecule has 23 heavy (non-hydrogen) atoms. The van der Waals surface area contributed by atoms with Gasteiger partial charge in [-0.25, -0.2) is 4.79 Å². The highest BCUT2D eigenvalue weighted by atomic mass is 35.7. The van der Waals surface area contributed by atoms with E-state index >= 15 is 0 Å². The second kappa shape index (κ2) is 8.66. The first-order valence-corrected chi connectivity index (χ1v) is 9.28. The number of hydrogen-bond donors (Lipinski definition) is 1. The standard InChI is InChI=1S/C14H11ClN2O4S2/c15-23-22-13-7-3-11(4-8-13)16-14(18)21-9-10-1-5-12(6-2-10)17(19)20/h1-8H,9H2,(H,16,18). The third-order valence-corrected chi connectivity index (χ3v) is 4.61. The van der Waals surface area contributed by atoms with E-state index < -0.39 is 11.0 Å². The molecular weight excluding hydrogens is 360 g/mol. The van der Waals surface area contributed by atoms with Crippen molar-refractivity contribution in [3.05, 3.63) is 64.2 Å². The van der Waals surface area contributed by atoms with Crippen LogP contribution in [0, 0.1) is 10.1 Å². The highest BCUT2D eigenvalue weighted by Crippen LogP contribution is 2.34. The molecule has 0 spiro atoms.